The summed E-state index contributed by atoms with van der Waals surface area (Å²) in [5.74, 6) is -0.733. The molecule has 2 saturated carbocycles. The zero-order valence-electron chi connectivity index (χ0n) is 23.1. The molecule has 10 atom stereocenters. The highest BCUT2D eigenvalue weighted by atomic mass is 16.6. The van der Waals surface area contributed by atoms with Crippen molar-refractivity contribution in [3.63, 3.8) is 0 Å². The molecule has 2 aliphatic heterocycles. The molecular weight excluding hydrogens is 488 g/mol. The molecule has 0 N–H and O–H groups in total. The van der Waals surface area contributed by atoms with E-state index in [1.165, 1.54) is 25.0 Å². The highest BCUT2D eigenvalue weighted by Crippen LogP contribution is 2.73. The van der Waals surface area contributed by atoms with Crippen molar-refractivity contribution in [2.24, 2.45) is 28.1 Å². The third-order valence-electron chi connectivity index (χ3n) is 10.9. The smallest absolute Gasteiger partial charge is 0.302 e. The molecule has 5 aliphatic rings. The Kier molecular flexibility index (Phi) is 5.79. The van der Waals surface area contributed by atoms with Gasteiger partial charge >= 0.3 is 11.9 Å². The molecule has 4 fully saturated rings. The van der Waals surface area contributed by atoms with E-state index in [0.29, 0.717) is 13.0 Å². The van der Waals surface area contributed by atoms with Gasteiger partial charge in [0.1, 0.15) is 11.9 Å². The van der Waals surface area contributed by atoms with Gasteiger partial charge in [0.25, 0.3) is 0 Å². The van der Waals surface area contributed by atoms with Gasteiger partial charge in [0.05, 0.1) is 49.5 Å². The van der Waals surface area contributed by atoms with Crippen LogP contribution in [-0.4, -0.2) is 55.4 Å². The lowest BCUT2D eigenvalue weighted by atomic mass is 9.40. The fourth-order valence-electron chi connectivity index (χ4n) is 9.56. The van der Waals surface area contributed by atoms with Crippen LogP contribution in [0.3, 0.4) is 0 Å². The molecule has 38 heavy (non-hydrogen) atoms. The molecule has 0 spiro atoms. The molecule has 1 aromatic rings. The molecule has 206 valence electrons. The topological polar surface area (TPSA) is 101 Å². The van der Waals surface area contributed by atoms with Gasteiger partial charge in [0.15, 0.2) is 0 Å². The van der Waals surface area contributed by atoms with Gasteiger partial charge in [-0.3, -0.25) is 14.4 Å². The van der Waals surface area contributed by atoms with E-state index in [4.69, 9.17) is 23.4 Å². The summed E-state index contributed by atoms with van der Waals surface area (Å²) in [6, 6.07) is 2.01. The Morgan fingerprint density at radius 2 is 1.92 bits per heavy atom. The number of ketones is 1. The number of furan rings is 1. The van der Waals surface area contributed by atoms with E-state index in [0.717, 1.165) is 12.0 Å². The zero-order valence-corrected chi connectivity index (χ0v) is 23.1. The molecule has 0 bridgehead atoms. The average Bonchev–Trinajstić information content (AvgIpc) is 3.60. The second-order valence-electron chi connectivity index (χ2n) is 12.7. The molecule has 3 heterocycles. The first kappa shape index (κ1) is 25.8. The van der Waals surface area contributed by atoms with E-state index in [2.05, 4.69) is 20.8 Å². The highest BCUT2D eigenvalue weighted by molar-refractivity contribution is 5.87. The van der Waals surface area contributed by atoms with Crippen molar-refractivity contribution < 1.29 is 37.7 Å². The van der Waals surface area contributed by atoms with E-state index in [1.54, 1.807) is 12.5 Å². The van der Waals surface area contributed by atoms with Gasteiger partial charge in [-0.15, -0.1) is 0 Å². The fraction of sp³-hybridized carbons (Fsp3) is 0.700. The fourth-order valence-corrected chi connectivity index (χ4v) is 9.56. The van der Waals surface area contributed by atoms with Crippen LogP contribution in [0.25, 0.3) is 0 Å². The van der Waals surface area contributed by atoms with E-state index in [9.17, 15) is 14.4 Å². The molecule has 8 heteroatoms. The third kappa shape index (κ3) is 3.25. The standard InChI is InChI=1S/C30H38O8/c1-15-19(18-7-9-34-13-18)11-20-24(15)30(6)21(8-10-35-16(2)31)29(5)23(37-17(3)32)12-22(33)28(4)14-36-25(26(28)29)27(30)38-20/h7,9,13,19-21,23,25-27H,8,10-12,14H2,1-6H3/t19-,20-,21-,23-,25-,26?,27-,28-,29+,30-/m1/s1. The Morgan fingerprint density at radius 1 is 1.16 bits per heavy atom. The number of allylic oxidation sites excluding steroid dienone is 1. The first-order valence-corrected chi connectivity index (χ1v) is 13.8. The molecule has 0 aromatic carbocycles. The zero-order chi connectivity index (χ0) is 27.2. The van der Waals surface area contributed by atoms with Gasteiger partial charge in [-0.2, -0.15) is 0 Å². The van der Waals surface area contributed by atoms with Crippen molar-refractivity contribution in [3.05, 3.63) is 35.3 Å². The van der Waals surface area contributed by atoms with Gasteiger partial charge < -0.3 is 23.4 Å². The SMILES string of the molecule is CC(=O)OCC[C@H]1[C@]2(C)C3=C(C)[C@H](c4ccoc4)C[C@H]3O[C@@H]2[C@@H]2OC[C@]3(C)C(=O)C[C@@H](OC(C)=O)[C@@]1(C)C23. The molecule has 1 unspecified atom stereocenters. The van der Waals surface area contributed by atoms with Crippen molar-refractivity contribution >= 4 is 17.7 Å². The summed E-state index contributed by atoms with van der Waals surface area (Å²) in [5.41, 5.74) is 1.93. The lowest BCUT2D eigenvalue weighted by Crippen LogP contribution is -2.70. The normalized spacial score (nSPS) is 45.0. The summed E-state index contributed by atoms with van der Waals surface area (Å²) in [5, 5.41) is 0. The Morgan fingerprint density at radius 3 is 2.58 bits per heavy atom. The van der Waals surface area contributed by atoms with Crippen molar-refractivity contribution in [1.29, 1.82) is 0 Å². The van der Waals surface area contributed by atoms with Crippen LogP contribution in [0.2, 0.25) is 0 Å². The van der Waals surface area contributed by atoms with Gasteiger partial charge in [0.2, 0.25) is 0 Å². The van der Waals surface area contributed by atoms with Crippen molar-refractivity contribution in [1.82, 2.24) is 0 Å². The summed E-state index contributed by atoms with van der Waals surface area (Å²) in [4.78, 5) is 37.7. The summed E-state index contributed by atoms with van der Waals surface area (Å²) in [7, 11) is 0. The minimum absolute atomic E-state index is 0.0738. The molecular formula is C30H38O8. The number of ether oxygens (including phenoxy) is 4. The molecule has 2 saturated heterocycles. The number of hydrogen-bond acceptors (Lipinski definition) is 8. The van der Waals surface area contributed by atoms with E-state index >= 15 is 0 Å². The Hall–Kier alpha value is -2.45. The van der Waals surface area contributed by atoms with Crippen molar-refractivity contribution in [2.75, 3.05) is 13.2 Å². The number of esters is 2. The monoisotopic (exact) mass is 526 g/mol. The number of carbonyl (C=O) groups is 3. The van der Waals surface area contributed by atoms with Gasteiger partial charge in [-0.05, 0) is 42.9 Å². The Balaban J connectivity index is 1.53. The maximum absolute atomic E-state index is 13.6. The molecule has 1 aromatic heterocycles. The van der Waals surface area contributed by atoms with Crippen molar-refractivity contribution in [3.8, 4) is 0 Å². The van der Waals surface area contributed by atoms with E-state index in [1.807, 2.05) is 13.0 Å². The van der Waals surface area contributed by atoms with Gasteiger partial charge in [0, 0.05) is 42.9 Å². The summed E-state index contributed by atoms with van der Waals surface area (Å²) < 4.78 is 30.3. The molecule has 6 rings (SSSR count). The van der Waals surface area contributed by atoms with Crippen molar-refractivity contribution in [2.45, 2.75) is 91.1 Å². The summed E-state index contributed by atoms with van der Waals surface area (Å²) in [6.07, 6.45) is 3.82. The lowest BCUT2D eigenvalue weighted by Gasteiger charge is -2.64. The van der Waals surface area contributed by atoms with Gasteiger partial charge in [-0.25, -0.2) is 0 Å². The predicted octanol–water partition coefficient (Wildman–Crippen LogP) is 4.37. The van der Waals surface area contributed by atoms with Crippen LogP contribution in [0.4, 0.5) is 0 Å². The van der Waals surface area contributed by atoms with Crippen LogP contribution in [0.15, 0.2) is 34.2 Å². The molecule has 0 radical (unpaired) electrons. The summed E-state index contributed by atoms with van der Waals surface area (Å²) in [6.45, 7) is 12.0. The highest BCUT2D eigenvalue weighted by Gasteiger charge is 2.77. The number of carbonyl (C=O) groups excluding carboxylic acids is 3. The van der Waals surface area contributed by atoms with Crippen LogP contribution in [-0.2, 0) is 33.3 Å². The quantitative estimate of drug-likeness (QED) is 0.412. The Labute approximate surface area is 223 Å². The van der Waals surface area contributed by atoms with Gasteiger partial charge in [-0.1, -0.05) is 26.3 Å². The molecule has 3 aliphatic carbocycles. The first-order valence-electron chi connectivity index (χ1n) is 13.8. The third-order valence-corrected chi connectivity index (χ3v) is 10.9. The molecule has 0 amide bonds. The minimum atomic E-state index is -0.694. The predicted molar refractivity (Wildman–Crippen MR) is 135 cm³/mol. The Bertz CT molecular complexity index is 1200. The van der Waals surface area contributed by atoms with E-state index in [-0.39, 0.29) is 60.8 Å². The lowest BCUT2D eigenvalue weighted by molar-refractivity contribution is -0.230. The van der Waals surface area contributed by atoms with Crippen LogP contribution < -0.4 is 0 Å². The largest absolute Gasteiger partial charge is 0.472 e. The number of Topliss-reactive ketones (excluding diaryl/α,β-unsaturated/α-hetero) is 1. The first-order chi connectivity index (χ1) is 17.9. The second kappa shape index (κ2) is 8.52. The van der Waals surface area contributed by atoms with E-state index < -0.39 is 28.3 Å². The van der Waals surface area contributed by atoms with Crippen LogP contribution in [0, 0.1) is 28.1 Å². The maximum atomic E-state index is 13.6. The minimum Gasteiger partial charge on any atom is -0.472 e. The maximum Gasteiger partial charge on any atom is 0.302 e. The van der Waals surface area contributed by atoms with Crippen LogP contribution >= 0.6 is 0 Å². The second-order valence-corrected chi connectivity index (χ2v) is 12.7. The van der Waals surface area contributed by atoms with Crippen LogP contribution in [0.1, 0.15) is 72.3 Å². The number of fused-ring (bicyclic) bond motifs is 4. The van der Waals surface area contributed by atoms with Crippen LogP contribution in [0.5, 0.6) is 0 Å². The summed E-state index contributed by atoms with van der Waals surface area (Å²) >= 11 is 0. The number of hydrogen-bond donors (Lipinski definition) is 0. The number of rotatable bonds is 5. The average molecular weight is 527 g/mol. The molecule has 8 nitrogen and oxygen atoms in total.